The van der Waals surface area contributed by atoms with Crippen LogP contribution in [0.5, 0.6) is 5.75 Å². The van der Waals surface area contributed by atoms with Crippen molar-refractivity contribution in [3.63, 3.8) is 0 Å². The summed E-state index contributed by atoms with van der Waals surface area (Å²) in [6.45, 7) is 2.67. The molecule has 2 atom stereocenters. The first-order valence-electron chi connectivity index (χ1n) is 8.40. The molecule has 0 bridgehead atoms. The van der Waals surface area contributed by atoms with E-state index in [-0.39, 0.29) is 17.9 Å². The molecule has 7 heteroatoms. The summed E-state index contributed by atoms with van der Waals surface area (Å²) in [6.07, 6.45) is 1.63. The van der Waals surface area contributed by atoms with Crippen LogP contribution in [0.2, 0.25) is 0 Å². The van der Waals surface area contributed by atoms with Gasteiger partial charge in [0.05, 0.1) is 18.7 Å². The molecule has 7 nitrogen and oxygen atoms in total. The van der Waals surface area contributed by atoms with Crippen LogP contribution in [0.4, 0.5) is 5.82 Å². The molecule has 26 heavy (non-hydrogen) atoms. The van der Waals surface area contributed by atoms with E-state index in [2.05, 4.69) is 10.3 Å². The Balaban J connectivity index is 1.91. The lowest BCUT2D eigenvalue weighted by molar-refractivity contribution is -0.119. The van der Waals surface area contributed by atoms with E-state index in [1.165, 1.54) is 6.92 Å². The van der Waals surface area contributed by atoms with Crippen LogP contribution in [-0.2, 0) is 4.79 Å². The van der Waals surface area contributed by atoms with Crippen LogP contribution in [0.25, 0.3) is 0 Å². The van der Waals surface area contributed by atoms with Crippen molar-refractivity contribution >= 4 is 17.6 Å². The average Bonchev–Trinajstić information content (AvgIpc) is 3.04. The van der Waals surface area contributed by atoms with Crippen LogP contribution >= 0.6 is 0 Å². The molecular weight excluding hydrogens is 332 g/mol. The highest BCUT2D eigenvalue weighted by Gasteiger charge is 2.36. The first-order chi connectivity index (χ1) is 12.5. The molecule has 0 spiro atoms. The number of nitrogens with zero attached hydrogens (tertiary/aromatic N) is 2. The number of ether oxygens (including phenoxy) is 1. The van der Waals surface area contributed by atoms with Gasteiger partial charge >= 0.3 is 0 Å². The number of benzene rings is 1. The van der Waals surface area contributed by atoms with Gasteiger partial charge in [-0.3, -0.25) is 9.59 Å². The number of rotatable bonds is 5. The Morgan fingerprint density at radius 2 is 1.96 bits per heavy atom. The summed E-state index contributed by atoms with van der Waals surface area (Å²) in [7, 11) is 1.62. The Morgan fingerprint density at radius 3 is 2.58 bits per heavy atom. The van der Waals surface area contributed by atoms with Crippen LogP contribution in [-0.4, -0.2) is 43.0 Å². The third kappa shape index (κ3) is 3.61. The number of aromatic nitrogens is 1. The lowest BCUT2D eigenvalue weighted by Gasteiger charge is -2.19. The van der Waals surface area contributed by atoms with Gasteiger partial charge in [0.2, 0.25) is 5.91 Å². The quantitative estimate of drug-likeness (QED) is 0.843. The number of pyridine rings is 1. The molecule has 2 heterocycles. The van der Waals surface area contributed by atoms with Crippen molar-refractivity contribution in [3.8, 4) is 5.75 Å². The van der Waals surface area contributed by atoms with Gasteiger partial charge in [-0.15, -0.1) is 0 Å². The Labute approximate surface area is 152 Å². The fourth-order valence-electron chi connectivity index (χ4n) is 3.41. The highest BCUT2D eigenvalue weighted by Crippen LogP contribution is 2.32. The summed E-state index contributed by atoms with van der Waals surface area (Å²) in [5.41, 5.74) is 6.95. The zero-order valence-electron chi connectivity index (χ0n) is 14.8. The smallest absolute Gasteiger partial charge is 0.252 e. The Bertz CT molecular complexity index is 807. The Morgan fingerprint density at radius 1 is 1.23 bits per heavy atom. The van der Waals surface area contributed by atoms with E-state index in [1.807, 2.05) is 29.2 Å². The summed E-state index contributed by atoms with van der Waals surface area (Å²) in [5, 5.41) is 3.01. The number of nitrogens with two attached hydrogens (primary N) is 1. The zero-order valence-corrected chi connectivity index (χ0v) is 14.8. The molecule has 1 aromatic heterocycles. The summed E-state index contributed by atoms with van der Waals surface area (Å²) in [6, 6.07) is 11.1. The van der Waals surface area contributed by atoms with Crippen molar-refractivity contribution in [2.45, 2.75) is 18.9 Å². The second-order valence-corrected chi connectivity index (χ2v) is 6.33. The number of carbonyl (C=O) groups is 2. The minimum atomic E-state index is -0.517. The zero-order chi connectivity index (χ0) is 18.7. The molecule has 1 fully saturated rings. The lowest BCUT2D eigenvalue weighted by Crippen LogP contribution is -2.38. The van der Waals surface area contributed by atoms with Gasteiger partial charge in [0.1, 0.15) is 11.6 Å². The summed E-state index contributed by atoms with van der Waals surface area (Å²) in [5.74, 6) is 0.780. The number of anilines is 1. The molecule has 1 aliphatic heterocycles. The van der Waals surface area contributed by atoms with Crippen LogP contribution in [0.15, 0.2) is 42.6 Å². The third-order valence-electron chi connectivity index (χ3n) is 4.60. The van der Waals surface area contributed by atoms with E-state index >= 15 is 0 Å². The number of amides is 2. The van der Waals surface area contributed by atoms with Crippen molar-refractivity contribution in [3.05, 3.63) is 53.7 Å². The van der Waals surface area contributed by atoms with Crippen LogP contribution in [0, 0.1) is 0 Å². The summed E-state index contributed by atoms with van der Waals surface area (Å²) < 4.78 is 5.21. The maximum absolute atomic E-state index is 11.7. The lowest BCUT2D eigenvalue weighted by atomic mass is 9.94. The number of carbonyl (C=O) groups excluding carboxylic acids is 2. The van der Waals surface area contributed by atoms with Gasteiger partial charge in [-0.25, -0.2) is 4.98 Å². The van der Waals surface area contributed by atoms with Gasteiger partial charge in [-0.2, -0.15) is 0 Å². The molecular formula is C19H22N4O3. The summed E-state index contributed by atoms with van der Waals surface area (Å²) in [4.78, 5) is 29.7. The summed E-state index contributed by atoms with van der Waals surface area (Å²) >= 11 is 0. The monoisotopic (exact) mass is 354 g/mol. The van der Waals surface area contributed by atoms with Crippen molar-refractivity contribution in [2.24, 2.45) is 5.73 Å². The second kappa shape index (κ2) is 7.43. The number of methoxy groups -OCH3 is 1. The van der Waals surface area contributed by atoms with E-state index < -0.39 is 5.91 Å². The van der Waals surface area contributed by atoms with E-state index in [0.717, 1.165) is 11.3 Å². The highest BCUT2D eigenvalue weighted by molar-refractivity contribution is 5.97. The Kier molecular flexibility index (Phi) is 5.06. The molecule has 1 aliphatic rings. The normalized spacial score (nSPS) is 19.2. The van der Waals surface area contributed by atoms with Crippen LogP contribution < -0.4 is 20.7 Å². The maximum Gasteiger partial charge on any atom is 0.252 e. The SMILES string of the molecule is COc1ccc([C@@H]2CN(c3ncccc3C(N)=O)C[C@H]2NC(C)=O)cc1. The standard InChI is InChI=1S/C19H22N4O3/c1-12(24)22-17-11-23(19-15(18(20)25)4-3-9-21-19)10-16(17)13-5-7-14(26-2)8-6-13/h3-9,16-17H,10-11H2,1-2H3,(H2,20,25)(H,22,24)/t16-,17+/m0/s1. The number of hydrogen-bond acceptors (Lipinski definition) is 5. The third-order valence-corrected chi connectivity index (χ3v) is 4.60. The van der Waals surface area contributed by atoms with Gasteiger partial charge in [0, 0.05) is 32.1 Å². The first kappa shape index (κ1) is 17.7. The molecule has 1 saturated heterocycles. The maximum atomic E-state index is 11.7. The van der Waals surface area contributed by atoms with Gasteiger partial charge in [-0.05, 0) is 29.8 Å². The van der Waals surface area contributed by atoms with E-state index in [9.17, 15) is 9.59 Å². The van der Waals surface area contributed by atoms with Crippen molar-refractivity contribution in [2.75, 3.05) is 25.1 Å². The van der Waals surface area contributed by atoms with Gasteiger partial charge in [-0.1, -0.05) is 12.1 Å². The van der Waals surface area contributed by atoms with Crippen LogP contribution in [0.1, 0.15) is 28.8 Å². The predicted octanol–water partition coefficient (Wildman–Crippen LogP) is 1.30. The van der Waals surface area contributed by atoms with Gasteiger partial charge < -0.3 is 20.7 Å². The van der Waals surface area contributed by atoms with Crippen molar-refractivity contribution in [1.82, 2.24) is 10.3 Å². The second-order valence-electron chi connectivity index (χ2n) is 6.33. The first-order valence-corrected chi connectivity index (χ1v) is 8.40. The highest BCUT2D eigenvalue weighted by atomic mass is 16.5. The Hall–Kier alpha value is -3.09. The van der Waals surface area contributed by atoms with Gasteiger partial charge in [0.25, 0.3) is 5.91 Å². The predicted molar refractivity (Wildman–Crippen MR) is 98.3 cm³/mol. The van der Waals surface area contributed by atoms with E-state index in [1.54, 1.807) is 25.4 Å². The molecule has 1 aromatic carbocycles. The largest absolute Gasteiger partial charge is 0.497 e. The van der Waals surface area contributed by atoms with Crippen molar-refractivity contribution in [1.29, 1.82) is 0 Å². The van der Waals surface area contributed by atoms with E-state index in [0.29, 0.717) is 24.5 Å². The fourth-order valence-corrected chi connectivity index (χ4v) is 3.41. The number of primary amides is 1. The molecule has 136 valence electrons. The number of hydrogen-bond donors (Lipinski definition) is 2. The minimum Gasteiger partial charge on any atom is -0.497 e. The molecule has 2 aromatic rings. The minimum absolute atomic E-state index is 0.0625. The molecule has 0 unspecified atom stereocenters. The molecule has 3 rings (SSSR count). The molecule has 0 saturated carbocycles. The van der Waals surface area contributed by atoms with Crippen molar-refractivity contribution < 1.29 is 14.3 Å². The molecule has 0 aliphatic carbocycles. The van der Waals surface area contributed by atoms with E-state index in [4.69, 9.17) is 10.5 Å². The number of nitrogens with one attached hydrogen (secondary N) is 1. The van der Waals surface area contributed by atoms with Crippen LogP contribution in [0.3, 0.4) is 0 Å². The molecule has 2 amide bonds. The molecule has 3 N–H and O–H groups in total. The fraction of sp³-hybridized carbons (Fsp3) is 0.316. The topological polar surface area (TPSA) is 97.5 Å². The molecule has 0 radical (unpaired) electrons. The van der Waals surface area contributed by atoms with Gasteiger partial charge in [0.15, 0.2) is 0 Å². The average molecular weight is 354 g/mol.